The zero-order valence-corrected chi connectivity index (χ0v) is 12.5. The third-order valence-electron chi connectivity index (χ3n) is 3.66. The monoisotopic (exact) mass is 300 g/mol. The molecule has 0 amide bonds. The van der Waals surface area contributed by atoms with Crippen LogP contribution in [0.2, 0.25) is 5.15 Å². The van der Waals surface area contributed by atoms with Crippen LogP contribution in [-0.4, -0.2) is 32.3 Å². The predicted molar refractivity (Wildman–Crippen MR) is 72.6 cm³/mol. The maximum Gasteiger partial charge on any atom is 0.327 e. The molecule has 0 aliphatic heterocycles. The Hall–Kier alpha value is -1.69. The number of hydrogen-bond donors (Lipinski definition) is 2. The smallest absolute Gasteiger partial charge is 0.327 e. The van der Waals surface area contributed by atoms with E-state index in [0.717, 1.165) is 0 Å². The van der Waals surface area contributed by atoms with E-state index in [-0.39, 0.29) is 10.8 Å². The van der Waals surface area contributed by atoms with Gasteiger partial charge in [0.15, 0.2) is 5.15 Å². The van der Waals surface area contributed by atoms with Gasteiger partial charge in [0.25, 0.3) is 0 Å². The highest BCUT2D eigenvalue weighted by atomic mass is 35.5. The molecular weight excluding hydrogens is 284 g/mol. The van der Waals surface area contributed by atoms with Crippen molar-refractivity contribution in [2.24, 2.45) is 11.3 Å². The Morgan fingerprint density at radius 3 is 1.95 bits per heavy atom. The van der Waals surface area contributed by atoms with Crippen molar-refractivity contribution in [3.05, 3.63) is 23.0 Å². The molecule has 0 bridgehead atoms. The van der Waals surface area contributed by atoms with Crippen LogP contribution >= 0.6 is 11.6 Å². The summed E-state index contributed by atoms with van der Waals surface area (Å²) in [6.07, 6.45) is 0. The first-order valence-electron chi connectivity index (χ1n) is 6.01. The third kappa shape index (κ3) is 2.60. The van der Waals surface area contributed by atoms with Crippen LogP contribution in [0.15, 0.2) is 12.1 Å². The van der Waals surface area contributed by atoms with Gasteiger partial charge in [-0.2, -0.15) is 5.10 Å². The fraction of sp³-hybridized carbons (Fsp3) is 0.538. The van der Waals surface area contributed by atoms with Gasteiger partial charge in [0, 0.05) is 0 Å². The average Bonchev–Trinajstić information content (AvgIpc) is 2.30. The molecule has 0 saturated heterocycles. The minimum Gasteiger partial charge on any atom is -0.480 e. The molecule has 0 aromatic carbocycles. The van der Waals surface area contributed by atoms with Crippen molar-refractivity contribution in [2.45, 2.75) is 33.1 Å². The van der Waals surface area contributed by atoms with Gasteiger partial charge < -0.3 is 10.2 Å². The second kappa shape index (κ2) is 5.36. The molecule has 20 heavy (non-hydrogen) atoms. The molecular formula is C13H17ClN2O4. The second-order valence-corrected chi connectivity index (χ2v) is 6.13. The molecule has 110 valence electrons. The highest BCUT2D eigenvalue weighted by Gasteiger charge is 2.57. The summed E-state index contributed by atoms with van der Waals surface area (Å²) >= 11 is 5.62. The SMILES string of the molecule is CC(C(C)(C)C)C(C(=O)O)(C(=O)O)c1ccc(Cl)nn1. The Morgan fingerprint density at radius 2 is 1.65 bits per heavy atom. The highest BCUT2D eigenvalue weighted by Crippen LogP contribution is 2.42. The van der Waals surface area contributed by atoms with E-state index in [9.17, 15) is 19.8 Å². The molecule has 1 atom stereocenters. The van der Waals surface area contributed by atoms with Crippen molar-refractivity contribution in [1.29, 1.82) is 0 Å². The Balaban J connectivity index is 3.60. The van der Waals surface area contributed by atoms with Crippen molar-refractivity contribution in [2.75, 3.05) is 0 Å². The summed E-state index contributed by atoms with van der Waals surface area (Å²) < 4.78 is 0. The van der Waals surface area contributed by atoms with Crippen LogP contribution in [0, 0.1) is 11.3 Å². The maximum atomic E-state index is 11.8. The standard InChI is InChI=1S/C13H17ClN2O4/c1-7(12(2,3)4)13(10(17)18,11(19)20)8-5-6-9(14)16-15-8/h5-7H,1-4H3,(H,17,18)(H,19,20). The Bertz CT molecular complexity index is 508. The van der Waals surface area contributed by atoms with Crippen molar-refractivity contribution < 1.29 is 19.8 Å². The van der Waals surface area contributed by atoms with Crippen LogP contribution in [-0.2, 0) is 15.0 Å². The Kier molecular flexibility index (Phi) is 4.39. The van der Waals surface area contributed by atoms with E-state index in [0.29, 0.717) is 0 Å². The van der Waals surface area contributed by atoms with Crippen molar-refractivity contribution in [1.82, 2.24) is 10.2 Å². The van der Waals surface area contributed by atoms with Gasteiger partial charge in [-0.25, -0.2) is 0 Å². The normalized spacial score (nSPS) is 13.8. The number of carbonyl (C=O) groups is 2. The van der Waals surface area contributed by atoms with Gasteiger partial charge in [-0.3, -0.25) is 9.59 Å². The van der Waals surface area contributed by atoms with E-state index in [1.807, 2.05) is 0 Å². The summed E-state index contributed by atoms with van der Waals surface area (Å²) in [5.74, 6) is -3.66. The quantitative estimate of drug-likeness (QED) is 0.827. The number of rotatable bonds is 4. The number of carboxylic acids is 2. The zero-order valence-electron chi connectivity index (χ0n) is 11.7. The molecule has 0 spiro atoms. The van der Waals surface area contributed by atoms with E-state index >= 15 is 0 Å². The fourth-order valence-electron chi connectivity index (χ4n) is 2.08. The largest absolute Gasteiger partial charge is 0.480 e. The lowest BCUT2D eigenvalue weighted by Gasteiger charge is -2.38. The fourth-order valence-corrected chi connectivity index (χ4v) is 2.18. The summed E-state index contributed by atoms with van der Waals surface area (Å²) in [5.41, 5.74) is -2.86. The lowest BCUT2D eigenvalue weighted by molar-refractivity contribution is -0.163. The number of aromatic nitrogens is 2. The molecule has 1 aromatic rings. The number of carboxylic acid groups (broad SMARTS) is 2. The topological polar surface area (TPSA) is 100 Å². The molecule has 7 heteroatoms. The van der Waals surface area contributed by atoms with E-state index in [4.69, 9.17) is 11.6 Å². The lowest BCUT2D eigenvalue weighted by Crippen LogP contribution is -2.53. The summed E-state index contributed by atoms with van der Waals surface area (Å²) in [7, 11) is 0. The number of hydrogen-bond acceptors (Lipinski definition) is 4. The van der Waals surface area contributed by atoms with E-state index in [1.165, 1.54) is 12.1 Å². The van der Waals surface area contributed by atoms with Crippen LogP contribution in [0.3, 0.4) is 0 Å². The van der Waals surface area contributed by atoms with Crippen molar-refractivity contribution in [3.8, 4) is 0 Å². The molecule has 6 nitrogen and oxygen atoms in total. The highest BCUT2D eigenvalue weighted by molar-refractivity contribution is 6.29. The van der Waals surface area contributed by atoms with Gasteiger partial charge in [-0.05, 0) is 23.5 Å². The first-order chi connectivity index (χ1) is 9.04. The Morgan fingerprint density at radius 1 is 1.15 bits per heavy atom. The molecule has 0 aliphatic rings. The van der Waals surface area contributed by atoms with Crippen LogP contribution in [0.25, 0.3) is 0 Å². The molecule has 1 rings (SSSR count). The summed E-state index contributed by atoms with van der Waals surface area (Å²) in [4.78, 5) is 23.5. The second-order valence-electron chi connectivity index (χ2n) is 5.75. The average molecular weight is 301 g/mol. The zero-order chi connectivity index (χ0) is 15.7. The minimum atomic E-state index is -2.17. The molecule has 1 heterocycles. The van der Waals surface area contributed by atoms with E-state index in [2.05, 4.69) is 10.2 Å². The lowest BCUT2D eigenvalue weighted by atomic mass is 9.63. The first-order valence-corrected chi connectivity index (χ1v) is 6.39. The van der Waals surface area contributed by atoms with Gasteiger partial charge in [-0.15, -0.1) is 5.10 Å². The van der Waals surface area contributed by atoms with Gasteiger partial charge in [-0.1, -0.05) is 39.3 Å². The van der Waals surface area contributed by atoms with E-state index < -0.39 is 28.7 Å². The number of nitrogens with zero attached hydrogens (tertiary/aromatic N) is 2. The van der Waals surface area contributed by atoms with Gasteiger partial charge >= 0.3 is 11.9 Å². The molecule has 0 radical (unpaired) electrons. The predicted octanol–water partition coefficient (Wildman–Crippen LogP) is 2.22. The van der Waals surface area contributed by atoms with Crippen molar-refractivity contribution >= 4 is 23.5 Å². The summed E-state index contributed by atoms with van der Waals surface area (Å²) in [6.45, 7) is 6.92. The molecule has 2 N–H and O–H groups in total. The van der Waals surface area contributed by atoms with Gasteiger partial charge in [0.1, 0.15) is 0 Å². The summed E-state index contributed by atoms with van der Waals surface area (Å²) in [6, 6.07) is 2.62. The van der Waals surface area contributed by atoms with Gasteiger partial charge in [0.2, 0.25) is 5.41 Å². The molecule has 0 saturated carbocycles. The first kappa shape index (κ1) is 16.4. The van der Waals surface area contributed by atoms with Crippen LogP contribution in [0.5, 0.6) is 0 Å². The van der Waals surface area contributed by atoms with Crippen molar-refractivity contribution in [3.63, 3.8) is 0 Å². The maximum absolute atomic E-state index is 11.8. The number of halogens is 1. The van der Waals surface area contributed by atoms with Crippen LogP contribution in [0.4, 0.5) is 0 Å². The number of aliphatic carboxylic acids is 2. The third-order valence-corrected chi connectivity index (χ3v) is 3.86. The van der Waals surface area contributed by atoms with Crippen LogP contribution < -0.4 is 0 Å². The van der Waals surface area contributed by atoms with Gasteiger partial charge in [0.05, 0.1) is 5.69 Å². The van der Waals surface area contributed by atoms with Crippen LogP contribution in [0.1, 0.15) is 33.4 Å². The molecule has 1 unspecified atom stereocenters. The molecule has 0 aliphatic carbocycles. The Labute approximate surface area is 121 Å². The molecule has 1 aromatic heterocycles. The minimum absolute atomic E-state index is 0.0711. The molecule has 0 fully saturated rings. The summed E-state index contributed by atoms with van der Waals surface area (Å²) in [5, 5.41) is 26.5. The van der Waals surface area contributed by atoms with E-state index in [1.54, 1.807) is 27.7 Å².